The van der Waals surface area contributed by atoms with E-state index < -0.39 is 0 Å². The van der Waals surface area contributed by atoms with Crippen LogP contribution in [-0.2, 0) is 11.2 Å². The summed E-state index contributed by atoms with van der Waals surface area (Å²) in [4.78, 5) is 35.4. The third-order valence-corrected chi connectivity index (χ3v) is 4.88. The van der Waals surface area contributed by atoms with Crippen LogP contribution in [0.1, 0.15) is 12.2 Å². The largest absolute Gasteiger partial charge is 0.379 e. The number of allylic oxidation sites excluding steroid dienone is 1. The smallest absolute Gasteiger partial charge is 0.258 e. The van der Waals surface area contributed by atoms with Gasteiger partial charge < -0.3 is 20.1 Å². The molecule has 0 unspecified atom stereocenters. The molecule has 1 aliphatic rings. The molecule has 0 aliphatic carbocycles. The molecule has 150 valence electrons. The van der Waals surface area contributed by atoms with Gasteiger partial charge in [-0.25, -0.2) is 4.98 Å². The Morgan fingerprint density at radius 2 is 2.00 bits per heavy atom. The first-order valence-electron chi connectivity index (χ1n) is 9.40. The molecule has 2 aromatic rings. The number of carbonyl (C=O) groups is 1. The minimum absolute atomic E-state index is 0.00420. The zero-order valence-corrected chi connectivity index (χ0v) is 16.2. The van der Waals surface area contributed by atoms with E-state index in [1.165, 1.54) is 6.08 Å². The van der Waals surface area contributed by atoms with Crippen LogP contribution in [0, 0.1) is 16.7 Å². The summed E-state index contributed by atoms with van der Waals surface area (Å²) in [5, 5.41) is 20.3. The predicted molar refractivity (Wildman–Crippen MR) is 109 cm³/mol. The predicted octanol–water partition coefficient (Wildman–Crippen LogP) is 0.604. The second-order valence-electron chi connectivity index (χ2n) is 6.70. The van der Waals surface area contributed by atoms with Crippen LogP contribution in [0.4, 0.5) is 0 Å². The Morgan fingerprint density at radius 3 is 2.69 bits per heavy atom. The summed E-state index contributed by atoms with van der Waals surface area (Å²) in [5.74, 6) is 0.750. The zero-order valence-electron chi connectivity index (χ0n) is 16.2. The van der Waals surface area contributed by atoms with Crippen LogP contribution in [0.2, 0.25) is 0 Å². The maximum Gasteiger partial charge on any atom is 0.258 e. The first-order valence-corrected chi connectivity index (χ1v) is 9.40. The number of amidine groups is 1. The highest BCUT2D eigenvalue weighted by Crippen LogP contribution is 2.09. The molecule has 1 aromatic heterocycles. The van der Waals surface area contributed by atoms with E-state index in [0.29, 0.717) is 55.0 Å². The van der Waals surface area contributed by atoms with Gasteiger partial charge in [0.2, 0.25) is 5.91 Å². The highest BCUT2D eigenvalue weighted by molar-refractivity contribution is 5.91. The Bertz CT molecular complexity index is 1040. The number of benzene rings is 1. The summed E-state index contributed by atoms with van der Waals surface area (Å²) in [5.41, 5.74) is 0.749. The Morgan fingerprint density at radius 1 is 1.31 bits per heavy atom. The fraction of sp³-hybridized carbons (Fsp3) is 0.350. The number of H-pyrrole nitrogens is 1. The summed E-state index contributed by atoms with van der Waals surface area (Å²) in [6.07, 6.45) is 2.11. The number of fused-ring (bicyclic) bond motifs is 1. The van der Waals surface area contributed by atoms with Crippen LogP contribution < -0.4 is 10.9 Å². The monoisotopic (exact) mass is 393 g/mol. The van der Waals surface area contributed by atoms with Crippen molar-refractivity contribution in [1.82, 2.24) is 25.1 Å². The number of hydrogen-bond acceptors (Lipinski definition) is 6. The molecular weight excluding hydrogens is 370 g/mol. The molecule has 1 aromatic carbocycles. The fourth-order valence-corrected chi connectivity index (χ4v) is 3.22. The number of hydrogen-bond donors (Lipinski definition) is 3. The number of nitriles is 1. The highest BCUT2D eigenvalue weighted by Gasteiger charge is 2.22. The molecule has 29 heavy (non-hydrogen) atoms. The van der Waals surface area contributed by atoms with E-state index in [2.05, 4.69) is 15.3 Å². The molecule has 0 bridgehead atoms. The van der Waals surface area contributed by atoms with Crippen molar-refractivity contribution in [2.45, 2.75) is 12.8 Å². The lowest BCUT2D eigenvalue weighted by molar-refractivity contribution is -0.132. The molecule has 9 heteroatoms. The number of carbonyl (C=O) groups excluding carboxylic acids is 1. The topological polar surface area (TPSA) is 129 Å². The molecule has 3 rings (SSSR count). The quantitative estimate of drug-likeness (QED) is 0.388. The molecule has 1 aliphatic heterocycles. The van der Waals surface area contributed by atoms with Gasteiger partial charge in [-0.15, -0.1) is 0 Å². The highest BCUT2D eigenvalue weighted by atomic mass is 16.2. The molecule has 0 spiro atoms. The SMILES string of the molecule is CN/C(C#N)=C\C(=N)N1CCN(C(=O)CCc2nc3ccccc3c(=O)[nH]2)CC1. The van der Waals surface area contributed by atoms with Crippen molar-refractivity contribution in [3.63, 3.8) is 0 Å². The van der Waals surface area contributed by atoms with Gasteiger partial charge in [0.1, 0.15) is 23.4 Å². The summed E-state index contributed by atoms with van der Waals surface area (Å²) in [7, 11) is 1.64. The normalized spacial score (nSPS) is 14.6. The standard InChI is InChI=1S/C20H23N7O2/c1-23-14(13-21)12-17(22)26-8-10-27(11-9-26)19(28)7-6-18-24-16-5-3-2-4-15(16)20(29)25-18/h2-5,12,22-23H,6-11H2,1H3,(H,24,25,29)/b14-12-,22-17?. The van der Waals surface area contributed by atoms with E-state index >= 15 is 0 Å². The van der Waals surface area contributed by atoms with Crippen LogP contribution in [0.25, 0.3) is 10.9 Å². The number of amides is 1. The fourth-order valence-electron chi connectivity index (χ4n) is 3.22. The van der Waals surface area contributed by atoms with Gasteiger partial charge >= 0.3 is 0 Å². The Hall–Kier alpha value is -3.67. The van der Waals surface area contributed by atoms with Gasteiger partial charge in [-0.3, -0.25) is 15.0 Å². The average Bonchev–Trinajstić information content (AvgIpc) is 2.75. The average molecular weight is 393 g/mol. The lowest BCUT2D eigenvalue weighted by Gasteiger charge is -2.35. The summed E-state index contributed by atoms with van der Waals surface area (Å²) < 4.78 is 0. The zero-order chi connectivity index (χ0) is 20.8. The van der Waals surface area contributed by atoms with Crippen LogP contribution in [0.3, 0.4) is 0 Å². The minimum atomic E-state index is -0.198. The van der Waals surface area contributed by atoms with Crippen molar-refractivity contribution in [3.05, 3.63) is 52.2 Å². The van der Waals surface area contributed by atoms with E-state index in [-0.39, 0.29) is 23.7 Å². The summed E-state index contributed by atoms with van der Waals surface area (Å²) >= 11 is 0. The van der Waals surface area contributed by atoms with Crippen LogP contribution >= 0.6 is 0 Å². The van der Waals surface area contributed by atoms with Gasteiger partial charge in [-0.05, 0) is 12.1 Å². The maximum atomic E-state index is 12.5. The number of piperazine rings is 1. The van der Waals surface area contributed by atoms with E-state index in [9.17, 15) is 9.59 Å². The van der Waals surface area contributed by atoms with E-state index in [1.807, 2.05) is 17.0 Å². The third kappa shape index (κ3) is 4.79. The number of para-hydroxylation sites is 1. The first-order chi connectivity index (χ1) is 14.0. The number of rotatable bonds is 5. The summed E-state index contributed by atoms with van der Waals surface area (Å²) in [6.45, 7) is 2.10. The number of aryl methyl sites for hydroxylation is 1. The minimum Gasteiger partial charge on any atom is -0.379 e. The molecule has 2 heterocycles. The van der Waals surface area contributed by atoms with Gasteiger partial charge in [0.15, 0.2) is 0 Å². The molecule has 3 N–H and O–H groups in total. The molecule has 1 saturated heterocycles. The van der Waals surface area contributed by atoms with Crippen LogP contribution in [-0.4, -0.2) is 64.7 Å². The van der Waals surface area contributed by atoms with Crippen molar-refractivity contribution in [2.75, 3.05) is 33.2 Å². The Kier molecular flexibility index (Phi) is 6.24. The first kappa shape index (κ1) is 20.1. The van der Waals surface area contributed by atoms with Crippen LogP contribution in [0.15, 0.2) is 40.8 Å². The van der Waals surface area contributed by atoms with Crippen molar-refractivity contribution >= 4 is 22.6 Å². The molecule has 0 saturated carbocycles. The van der Waals surface area contributed by atoms with Gasteiger partial charge in [0.05, 0.1) is 10.9 Å². The molecular formula is C20H23N7O2. The van der Waals surface area contributed by atoms with Crippen molar-refractivity contribution in [1.29, 1.82) is 10.7 Å². The number of aromatic amines is 1. The van der Waals surface area contributed by atoms with Gasteiger partial charge in [-0.1, -0.05) is 12.1 Å². The van der Waals surface area contributed by atoms with Gasteiger partial charge in [0.25, 0.3) is 5.56 Å². The van der Waals surface area contributed by atoms with E-state index in [1.54, 1.807) is 30.1 Å². The molecule has 0 radical (unpaired) electrons. The number of nitrogens with one attached hydrogen (secondary N) is 3. The van der Waals surface area contributed by atoms with Crippen LogP contribution in [0.5, 0.6) is 0 Å². The van der Waals surface area contributed by atoms with Gasteiger partial charge in [0, 0.05) is 52.1 Å². The summed E-state index contributed by atoms with van der Waals surface area (Å²) in [6, 6.07) is 9.10. The molecule has 1 amide bonds. The van der Waals surface area contributed by atoms with Crippen molar-refractivity contribution in [3.8, 4) is 6.07 Å². The second kappa shape index (κ2) is 9.01. The molecule has 9 nitrogen and oxygen atoms in total. The van der Waals surface area contributed by atoms with Crippen molar-refractivity contribution in [2.24, 2.45) is 0 Å². The van der Waals surface area contributed by atoms with Crippen molar-refractivity contribution < 1.29 is 4.79 Å². The lowest BCUT2D eigenvalue weighted by Crippen LogP contribution is -2.50. The Balaban J connectivity index is 1.54. The van der Waals surface area contributed by atoms with E-state index in [0.717, 1.165) is 0 Å². The second-order valence-corrected chi connectivity index (χ2v) is 6.70. The number of aromatic nitrogens is 2. The molecule has 0 atom stereocenters. The van der Waals surface area contributed by atoms with E-state index in [4.69, 9.17) is 10.7 Å². The number of nitrogens with zero attached hydrogens (tertiary/aromatic N) is 4. The maximum absolute atomic E-state index is 12.5. The third-order valence-electron chi connectivity index (χ3n) is 4.88. The van der Waals surface area contributed by atoms with Gasteiger partial charge in [-0.2, -0.15) is 5.26 Å². The molecule has 1 fully saturated rings. The Labute approximate surface area is 168 Å². The lowest BCUT2D eigenvalue weighted by atomic mass is 10.2.